The number of sulfonamides is 1. The second-order valence-electron chi connectivity index (χ2n) is 4.30. The number of rotatable bonds is 5. The van der Waals surface area contributed by atoms with Gasteiger partial charge in [0.05, 0.1) is 5.75 Å². The summed E-state index contributed by atoms with van der Waals surface area (Å²) in [6, 6.07) is 0. The van der Waals surface area contributed by atoms with Gasteiger partial charge >= 0.3 is 0 Å². The zero-order valence-electron chi connectivity index (χ0n) is 9.21. The van der Waals surface area contributed by atoms with E-state index < -0.39 is 10.0 Å². The first-order valence-electron chi connectivity index (χ1n) is 5.65. The summed E-state index contributed by atoms with van der Waals surface area (Å²) in [5.41, 5.74) is 0. The number of hydrogen-bond acceptors (Lipinski definition) is 2. The summed E-state index contributed by atoms with van der Waals surface area (Å²) in [7, 11) is -3.04. The van der Waals surface area contributed by atoms with E-state index in [2.05, 4.69) is 4.72 Å². The van der Waals surface area contributed by atoms with Crippen molar-refractivity contribution in [1.29, 1.82) is 0 Å². The zero-order valence-corrected chi connectivity index (χ0v) is 10.8. The Balaban J connectivity index is 2.30. The van der Waals surface area contributed by atoms with Crippen molar-refractivity contribution in [1.82, 2.24) is 4.72 Å². The standard InChI is InChI=1S/C10H20ClNO2S/c1-2-6-15(13,14)12-8-9-4-3-5-10(11)7-9/h9-10,12H,2-8H2,1H3. The van der Waals surface area contributed by atoms with Crippen molar-refractivity contribution in [3.8, 4) is 0 Å². The maximum Gasteiger partial charge on any atom is 0.211 e. The first-order chi connectivity index (χ1) is 7.03. The highest BCUT2D eigenvalue weighted by Crippen LogP contribution is 2.27. The van der Waals surface area contributed by atoms with E-state index in [9.17, 15) is 8.42 Å². The Hall–Kier alpha value is 0.200. The third-order valence-corrected chi connectivity index (χ3v) is 4.73. The number of alkyl halides is 1. The third-order valence-electron chi connectivity index (χ3n) is 2.78. The van der Waals surface area contributed by atoms with Crippen LogP contribution >= 0.6 is 11.6 Å². The number of nitrogens with one attached hydrogen (secondary N) is 1. The van der Waals surface area contributed by atoms with Gasteiger partial charge in [0.25, 0.3) is 0 Å². The first kappa shape index (κ1) is 13.3. The minimum absolute atomic E-state index is 0.226. The molecule has 1 aliphatic carbocycles. The van der Waals surface area contributed by atoms with Crippen LogP contribution in [0, 0.1) is 5.92 Å². The van der Waals surface area contributed by atoms with Crippen LogP contribution in [-0.2, 0) is 10.0 Å². The molecule has 1 rings (SSSR count). The van der Waals surface area contributed by atoms with Gasteiger partial charge in [0.15, 0.2) is 0 Å². The van der Waals surface area contributed by atoms with Crippen molar-refractivity contribution in [3.05, 3.63) is 0 Å². The van der Waals surface area contributed by atoms with E-state index in [1.807, 2.05) is 6.92 Å². The second kappa shape index (κ2) is 6.06. The highest BCUT2D eigenvalue weighted by atomic mass is 35.5. The molecule has 0 aromatic rings. The molecule has 0 spiro atoms. The Bertz CT molecular complexity index is 279. The van der Waals surface area contributed by atoms with E-state index >= 15 is 0 Å². The quantitative estimate of drug-likeness (QED) is 0.763. The van der Waals surface area contributed by atoms with Gasteiger partial charge in [-0.1, -0.05) is 13.3 Å². The average Bonchev–Trinajstić information content (AvgIpc) is 2.15. The fourth-order valence-corrected chi connectivity index (χ4v) is 3.57. The van der Waals surface area contributed by atoms with Gasteiger partial charge in [-0.3, -0.25) is 0 Å². The smallest absolute Gasteiger partial charge is 0.211 e. The Morgan fingerprint density at radius 3 is 2.73 bits per heavy atom. The molecule has 0 aliphatic heterocycles. The lowest BCUT2D eigenvalue weighted by atomic mass is 9.89. The monoisotopic (exact) mass is 253 g/mol. The van der Waals surface area contributed by atoms with Crippen molar-refractivity contribution in [2.75, 3.05) is 12.3 Å². The topological polar surface area (TPSA) is 46.2 Å². The van der Waals surface area contributed by atoms with E-state index in [-0.39, 0.29) is 11.1 Å². The van der Waals surface area contributed by atoms with Crippen LogP contribution < -0.4 is 4.72 Å². The van der Waals surface area contributed by atoms with E-state index in [1.54, 1.807) is 0 Å². The Kier molecular flexibility index (Phi) is 5.36. The largest absolute Gasteiger partial charge is 0.215 e. The van der Waals surface area contributed by atoms with Gasteiger partial charge in [0, 0.05) is 11.9 Å². The molecule has 0 radical (unpaired) electrons. The van der Waals surface area contributed by atoms with E-state index in [0.717, 1.165) is 25.7 Å². The van der Waals surface area contributed by atoms with Crippen LogP contribution in [-0.4, -0.2) is 26.1 Å². The molecule has 0 heterocycles. The highest BCUT2D eigenvalue weighted by molar-refractivity contribution is 7.89. The zero-order chi connectivity index (χ0) is 11.3. The minimum Gasteiger partial charge on any atom is -0.215 e. The summed E-state index contributed by atoms with van der Waals surface area (Å²) >= 11 is 6.05. The van der Waals surface area contributed by atoms with Crippen LogP contribution in [0.5, 0.6) is 0 Å². The molecule has 90 valence electrons. The lowest BCUT2D eigenvalue weighted by molar-refractivity contribution is 0.361. The highest BCUT2D eigenvalue weighted by Gasteiger charge is 2.21. The van der Waals surface area contributed by atoms with Gasteiger partial charge in [-0.2, -0.15) is 0 Å². The summed E-state index contributed by atoms with van der Waals surface area (Å²) in [6.45, 7) is 2.43. The van der Waals surface area contributed by atoms with Crippen LogP contribution in [0.3, 0.4) is 0 Å². The fraction of sp³-hybridized carbons (Fsp3) is 1.00. The first-order valence-corrected chi connectivity index (χ1v) is 7.73. The van der Waals surface area contributed by atoms with Crippen molar-refractivity contribution >= 4 is 21.6 Å². The molecule has 15 heavy (non-hydrogen) atoms. The molecule has 1 saturated carbocycles. The van der Waals surface area contributed by atoms with Gasteiger partial charge < -0.3 is 0 Å². The molecule has 1 aliphatic rings. The maximum atomic E-state index is 11.4. The van der Waals surface area contributed by atoms with Crippen LogP contribution in [0.1, 0.15) is 39.0 Å². The van der Waals surface area contributed by atoms with Crippen LogP contribution in [0.15, 0.2) is 0 Å². The summed E-state index contributed by atoms with van der Waals surface area (Å²) in [5, 5.41) is 0.236. The molecule has 0 saturated heterocycles. The third kappa shape index (κ3) is 5.18. The minimum atomic E-state index is -3.04. The summed E-state index contributed by atoms with van der Waals surface area (Å²) < 4.78 is 25.5. The van der Waals surface area contributed by atoms with E-state index in [4.69, 9.17) is 11.6 Å². The van der Waals surface area contributed by atoms with Gasteiger partial charge in [-0.05, 0) is 31.6 Å². The van der Waals surface area contributed by atoms with Gasteiger partial charge in [0.2, 0.25) is 10.0 Å². The predicted molar refractivity (Wildman–Crippen MR) is 63.7 cm³/mol. The molecule has 3 nitrogen and oxygen atoms in total. The number of hydrogen-bond donors (Lipinski definition) is 1. The predicted octanol–water partition coefficient (Wildman–Crippen LogP) is 2.11. The molecule has 0 amide bonds. The second-order valence-corrected chi connectivity index (χ2v) is 6.84. The molecule has 2 unspecified atom stereocenters. The SMILES string of the molecule is CCCS(=O)(=O)NCC1CCCC(Cl)C1. The van der Waals surface area contributed by atoms with Crippen molar-refractivity contribution in [3.63, 3.8) is 0 Å². The van der Waals surface area contributed by atoms with Crippen molar-refractivity contribution in [2.24, 2.45) is 5.92 Å². The molecular formula is C10H20ClNO2S. The molecule has 0 aromatic carbocycles. The average molecular weight is 254 g/mol. The lowest BCUT2D eigenvalue weighted by Gasteiger charge is -2.25. The lowest BCUT2D eigenvalue weighted by Crippen LogP contribution is -2.33. The fourth-order valence-electron chi connectivity index (χ4n) is 2.00. The Morgan fingerprint density at radius 2 is 2.13 bits per heavy atom. The molecule has 0 bridgehead atoms. The molecule has 1 N–H and O–H groups in total. The van der Waals surface area contributed by atoms with Gasteiger partial charge in [-0.25, -0.2) is 13.1 Å². The van der Waals surface area contributed by atoms with E-state index in [0.29, 0.717) is 18.9 Å². The Morgan fingerprint density at radius 1 is 1.40 bits per heavy atom. The normalized spacial score (nSPS) is 27.9. The van der Waals surface area contributed by atoms with Gasteiger partial charge in [-0.15, -0.1) is 11.6 Å². The summed E-state index contributed by atoms with van der Waals surface area (Å²) in [4.78, 5) is 0. The van der Waals surface area contributed by atoms with E-state index in [1.165, 1.54) is 0 Å². The van der Waals surface area contributed by atoms with Crippen LogP contribution in [0.2, 0.25) is 0 Å². The summed E-state index contributed by atoms with van der Waals surface area (Å²) in [5.74, 6) is 0.650. The van der Waals surface area contributed by atoms with Crippen LogP contribution in [0.25, 0.3) is 0 Å². The Labute approximate surface area is 97.6 Å². The molecule has 2 atom stereocenters. The molecule has 1 fully saturated rings. The number of halogens is 1. The maximum absolute atomic E-state index is 11.4. The van der Waals surface area contributed by atoms with Crippen molar-refractivity contribution in [2.45, 2.75) is 44.4 Å². The van der Waals surface area contributed by atoms with Gasteiger partial charge in [0.1, 0.15) is 0 Å². The molecular weight excluding hydrogens is 234 g/mol. The van der Waals surface area contributed by atoms with Crippen molar-refractivity contribution < 1.29 is 8.42 Å². The molecule has 5 heteroatoms. The van der Waals surface area contributed by atoms with Crippen LogP contribution in [0.4, 0.5) is 0 Å². The summed E-state index contributed by atoms with van der Waals surface area (Å²) in [6.07, 6.45) is 4.89. The molecule has 0 aromatic heterocycles.